The molecule has 2 aromatic carbocycles. The quantitative estimate of drug-likeness (QED) is 0.403. The maximum Gasteiger partial charge on any atom is 0.233 e. The van der Waals surface area contributed by atoms with Crippen LogP contribution in [0.1, 0.15) is 31.7 Å². The van der Waals surface area contributed by atoms with Crippen LogP contribution >= 0.6 is 11.8 Å². The molecular weight excluding hydrogens is 398 g/mol. The number of thioether (sulfide) groups is 1. The lowest BCUT2D eigenvalue weighted by molar-refractivity contribution is -0.120. The van der Waals surface area contributed by atoms with Crippen LogP contribution in [0.3, 0.4) is 0 Å². The van der Waals surface area contributed by atoms with Crippen molar-refractivity contribution in [1.82, 2.24) is 20.2 Å². The van der Waals surface area contributed by atoms with Crippen molar-refractivity contribution in [2.24, 2.45) is 0 Å². The third-order valence-electron chi connectivity index (χ3n) is 4.95. The van der Waals surface area contributed by atoms with Gasteiger partial charge in [-0.1, -0.05) is 49.0 Å². The second-order valence-electron chi connectivity index (χ2n) is 6.93. The number of benzene rings is 2. The number of nitrogens with one attached hydrogen (secondary N) is 1. The van der Waals surface area contributed by atoms with E-state index < -0.39 is 0 Å². The molecule has 1 amide bonds. The lowest BCUT2D eigenvalue weighted by Gasteiger charge is -2.18. The highest BCUT2D eigenvalue weighted by Gasteiger charge is 2.21. The van der Waals surface area contributed by atoms with Gasteiger partial charge < -0.3 is 15.9 Å². The van der Waals surface area contributed by atoms with Crippen LogP contribution in [0.5, 0.6) is 5.75 Å². The van der Waals surface area contributed by atoms with Gasteiger partial charge in [0.1, 0.15) is 5.75 Å². The molecule has 0 aliphatic rings. The topological polar surface area (TPSA) is 95.1 Å². The number of carbonyl (C=O) groups is 1. The van der Waals surface area contributed by atoms with Crippen molar-refractivity contribution in [1.29, 1.82) is 0 Å². The average molecular weight is 426 g/mol. The number of aromatic nitrogens is 3. The van der Waals surface area contributed by atoms with Crippen LogP contribution in [0.15, 0.2) is 59.8 Å². The number of amides is 1. The Kier molecular flexibility index (Phi) is 7.35. The van der Waals surface area contributed by atoms with Gasteiger partial charge in [-0.15, -0.1) is 10.2 Å². The number of hydrogen-bond acceptors (Lipinski definition) is 6. The van der Waals surface area contributed by atoms with E-state index in [0.29, 0.717) is 17.5 Å². The van der Waals surface area contributed by atoms with Crippen LogP contribution in [0.4, 0.5) is 0 Å². The number of carbonyl (C=O) groups excluding carboxylic acids is 1. The predicted molar refractivity (Wildman–Crippen MR) is 120 cm³/mol. The number of nitrogens with zero attached hydrogens (tertiary/aromatic N) is 3. The molecule has 8 heteroatoms. The molecule has 0 aliphatic carbocycles. The minimum absolute atomic E-state index is 0.0524. The monoisotopic (exact) mass is 425 g/mol. The van der Waals surface area contributed by atoms with Crippen molar-refractivity contribution < 1.29 is 9.53 Å². The third kappa shape index (κ3) is 5.13. The zero-order chi connectivity index (χ0) is 21.5. The average Bonchev–Trinajstić information content (AvgIpc) is 3.14. The molecule has 1 aromatic heterocycles. The number of rotatable bonds is 9. The molecule has 30 heavy (non-hydrogen) atoms. The number of hydrogen-bond donors (Lipinski definition) is 2. The maximum atomic E-state index is 12.6. The lowest BCUT2D eigenvalue weighted by atomic mass is 9.96. The van der Waals surface area contributed by atoms with Gasteiger partial charge in [-0.2, -0.15) is 0 Å². The van der Waals surface area contributed by atoms with Crippen molar-refractivity contribution >= 4 is 17.7 Å². The highest BCUT2D eigenvalue weighted by atomic mass is 32.2. The summed E-state index contributed by atoms with van der Waals surface area (Å²) in [5.74, 6) is 7.70. The van der Waals surface area contributed by atoms with E-state index in [4.69, 9.17) is 10.6 Å². The van der Waals surface area contributed by atoms with E-state index in [2.05, 4.69) is 34.6 Å². The zero-order valence-electron chi connectivity index (χ0n) is 17.4. The van der Waals surface area contributed by atoms with Gasteiger partial charge >= 0.3 is 0 Å². The van der Waals surface area contributed by atoms with E-state index in [-0.39, 0.29) is 17.1 Å². The molecule has 0 saturated carbocycles. The summed E-state index contributed by atoms with van der Waals surface area (Å²) < 4.78 is 6.58. The SMILES string of the molecule is CC[C@@H](CNC(=O)[C@H](C)Sc1nnc(-c2ccc(OC)cc2)n1N)c1ccccc1. The second-order valence-corrected chi connectivity index (χ2v) is 8.23. The predicted octanol–water partition coefficient (Wildman–Crippen LogP) is 3.46. The third-order valence-corrected chi connectivity index (χ3v) is 6.01. The summed E-state index contributed by atoms with van der Waals surface area (Å²) in [7, 11) is 1.62. The fourth-order valence-electron chi connectivity index (χ4n) is 3.10. The fourth-order valence-corrected chi connectivity index (χ4v) is 3.89. The van der Waals surface area contributed by atoms with Crippen molar-refractivity contribution in [2.45, 2.75) is 36.6 Å². The van der Waals surface area contributed by atoms with Crippen LogP contribution in [-0.2, 0) is 4.79 Å². The molecule has 0 aliphatic heterocycles. The minimum Gasteiger partial charge on any atom is -0.497 e. The van der Waals surface area contributed by atoms with Gasteiger partial charge in [0.05, 0.1) is 12.4 Å². The fraction of sp³-hybridized carbons (Fsp3) is 0.318. The van der Waals surface area contributed by atoms with E-state index in [0.717, 1.165) is 17.7 Å². The Morgan fingerprint density at radius 1 is 1.17 bits per heavy atom. The Balaban J connectivity index is 1.60. The molecule has 0 radical (unpaired) electrons. The first kappa shape index (κ1) is 21.7. The number of ether oxygens (including phenoxy) is 1. The minimum atomic E-state index is -0.353. The van der Waals surface area contributed by atoms with Crippen molar-refractivity contribution in [3.05, 3.63) is 60.2 Å². The van der Waals surface area contributed by atoms with Crippen LogP contribution in [0, 0.1) is 0 Å². The molecule has 0 unspecified atom stereocenters. The first-order valence-electron chi connectivity index (χ1n) is 9.87. The number of nitrogens with two attached hydrogens (primary N) is 1. The Morgan fingerprint density at radius 2 is 1.87 bits per heavy atom. The van der Waals surface area contributed by atoms with E-state index in [1.807, 2.05) is 49.4 Å². The molecule has 7 nitrogen and oxygen atoms in total. The van der Waals surface area contributed by atoms with Crippen LogP contribution in [-0.4, -0.2) is 39.7 Å². The standard InChI is InChI=1S/C22H27N5O2S/c1-4-16(17-8-6-5-7-9-17)14-24-21(28)15(2)30-22-26-25-20(27(22)23)18-10-12-19(29-3)13-11-18/h5-13,15-16H,4,14,23H2,1-3H3,(H,24,28)/t15-,16-/m0/s1. The first-order chi connectivity index (χ1) is 14.5. The van der Waals surface area contributed by atoms with E-state index >= 15 is 0 Å². The van der Waals surface area contributed by atoms with Crippen molar-refractivity contribution in [3.63, 3.8) is 0 Å². The molecule has 0 fully saturated rings. The maximum absolute atomic E-state index is 12.6. The summed E-state index contributed by atoms with van der Waals surface area (Å²) in [6, 6.07) is 17.6. The molecule has 0 bridgehead atoms. The van der Waals surface area contributed by atoms with Crippen LogP contribution in [0.2, 0.25) is 0 Å². The highest BCUT2D eigenvalue weighted by molar-refractivity contribution is 8.00. The molecule has 158 valence electrons. The molecule has 2 atom stereocenters. The summed E-state index contributed by atoms with van der Waals surface area (Å²) in [4.78, 5) is 12.6. The highest BCUT2D eigenvalue weighted by Crippen LogP contribution is 2.26. The zero-order valence-corrected chi connectivity index (χ0v) is 18.2. The molecule has 0 saturated heterocycles. The lowest BCUT2D eigenvalue weighted by Crippen LogP contribution is -2.34. The Hall–Kier alpha value is -3.00. The van der Waals surface area contributed by atoms with Crippen molar-refractivity contribution in [3.8, 4) is 17.1 Å². The Labute approximate surface area is 181 Å². The number of methoxy groups -OCH3 is 1. The number of nitrogen functional groups attached to an aromatic ring is 1. The molecule has 0 spiro atoms. The van der Waals surface area contributed by atoms with Crippen LogP contribution < -0.4 is 15.9 Å². The molecular formula is C22H27N5O2S. The van der Waals surface area contributed by atoms with Crippen molar-refractivity contribution in [2.75, 3.05) is 19.5 Å². The van der Waals surface area contributed by atoms with Gasteiger partial charge in [-0.05, 0) is 43.2 Å². The van der Waals surface area contributed by atoms with Gasteiger partial charge in [0, 0.05) is 18.0 Å². The second kappa shape index (κ2) is 10.2. The Morgan fingerprint density at radius 3 is 2.50 bits per heavy atom. The molecule has 3 rings (SSSR count). The van der Waals surface area contributed by atoms with E-state index in [1.165, 1.54) is 22.0 Å². The van der Waals surface area contributed by atoms with Gasteiger partial charge in [-0.3, -0.25) is 4.79 Å². The van der Waals surface area contributed by atoms with Gasteiger partial charge in [0.15, 0.2) is 5.82 Å². The first-order valence-corrected chi connectivity index (χ1v) is 10.8. The molecule has 3 aromatic rings. The summed E-state index contributed by atoms with van der Waals surface area (Å²) in [5, 5.41) is 11.5. The summed E-state index contributed by atoms with van der Waals surface area (Å²) in [5.41, 5.74) is 2.05. The molecule has 3 N–H and O–H groups in total. The van der Waals surface area contributed by atoms with Crippen LogP contribution in [0.25, 0.3) is 11.4 Å². The van der Waals surface area contributed by atoms with E-state index in [9.17, 15) is 4.79 Å². The largest absolute Gasteiger partial charge is 0.497 e. The van der Waals surface area contributed by atoms with Gasteiger partial charge in [-0.25, -0.2) is 4.68 Å². The van der Waals surface area contributed by atoms with E-state index in [1.54, 1.807) is 7.11 Å². The summed E-state index contributed by atoms with van der Waals surface area (Å²) in [6.45, 7) is 4.56. The smallest absolute Gasteiger partial charge is 0.233 e. The van der Waals surface area contributed by atoms with Gasteiger partial charge in [0.2, 0.25) is 11.1 Å². The Bertz CT molecular complexity index is 959. The summed E-state index contributed by atoms with van der Waals surface area (Å²) in [6.07, 6.45) is 0.953. The van der Waals surface area contributed by atoms with Gasteiger partial charge in [0.25, 0.3) is 0 Å². The summed E-state index contributed by atoms with van der Waals surface area (Å²) >= 11 is 1.28. The molecule has 1 heterocycles. The normalized spacial score (nSPS) is 12.9.